The molecule has 2 rings (SSSR count). The number of benzene rings is 2. The molecule has 0 spiro atoms. The van der Waals surface area contributed by atoms with Crippen LogP contribution in [-0.4, -0.2) is 19.8 Å². The zero-order valence-electron chi connectivity index (χ0n) is 12.9. The molecule has 0 fully saturated rings. The van der Waals surface area contributed by atoms with Crippen molar-refractivity contribution < 1.29 is 8.42 Å². The highest BCUT2D eigenvalue weighted by molar-refractivity contribution is 9.10. The monoisotopic (exact) mass is 381 g/mol. The molecule has 0 amide bonds. The molecule has 0 N–H and O–H groups in total. The molecule has 1 atom stereocenters. The lowest BCUT2D eigenvalue weighted by atomic mass is 9.96. The van der Waals surface area contributed by atoms with Crippen molar-refractivity contribution in [2.75, 3.05) is 7.05 Å². The zero-order valence-corrected chi connectivity index (χ0v) is 15.3. The van der Waals surface area contributed by atoms with E-state index in [4.69, 9.17) is 0 Å². The van der Waals surface area contributed by atoms with E-state index in [9.17, 15) is 8.42 Å². The van der Waals surface area contributed by atoms with Gasteiger partial charge in [-0.05, 0) is 39.5 Å². The minimum atomic E-state index is -3.58. The van der Waals surface area contributed by atoms with Gasteiger partial charge < -0.3 is 0 Å². The molecule has 5 heteroatoms. The summed E-state index contributed by atoms with van der Waals surface area (Å²) in [5, 5.41) is 0. The van der Waals surface area contributed by atoms with E-state index in [2.05, 4.69) is 15.9 Å². The number of halogens is 1. The zero-order chi connectivity index (χ0) is 16.3. The summed E-state index contributed by atoms with van der Waals surface area (Å²) in [6.07, 6.45) is 0. The fourth-order valence-corrected chi connectivity index (χ4v) is 5.06. The van der Waals surface area contributed by atoms with Gasteiger partial charge in [0.25, 0.3) is 0 Å². The number of rotatable bonds is 5. The van der Waals surface area contributed by atoms with E-state index < -0.39 is 10.0 Å². The first kappa shape index (κ1) is 17.2. The number of nitrogens with zero attached hydrogens (tertiary/aromatic N) is 1. The number of hydrogen-bond donors (Lipinski definition) is 0. The van der Waals surface area contributed by atoms with Gasteiger partial charge in [0, 0.05) is 11.5 Å². The molecule has 0 heterocycles. The predicted molar refractivity (Wildman–Crippen MR) is 93.1 cm³/mol. The molecule has 1 unspecified atom stereocenters. The third-order valence-electron chi connectivity index (χ3n) is 3.66. The van der Waals surface area contributed by atoms with Crippen molar-refractivity contribution in [2.24, 2.45) is 5.92 Å². The van der Waals surface area contributed by atoms with Gasteiger partial charge in [-0.2, -0.15) is 4.31 Å². The minimum Gasteiger partial charge on any atom is -0.207 e. The molecule has 0 bridgehead atoms. The first-order valence-electron chi connectivity index (χ1n) is 7.13. The average molecular weight is 382 g/mol. The lowest BCUT2D eigenvalue weighted by Gasteiger charge is -2.31. The third-order valence-corrected chi connectivity index (χ3v) is 6.51. The quantitative estimate of drug-likeness (QED) is 0.765. The molecule has 0 aromatic heterocycles. The lowest BCUT2D eigenvalue weighted by molar-refractivity contribution is 0.300. The van der Waals surface area contributed by atoms with Crippen molar-refractivity contribution in [1.82, 2.24) is 4.31 Å². The van der Waals surface area contributed by atoms with E-state index in [0.717, 1.165) is 5.56 Å². The van der Waals surface area contributed by atoms with Crippen molar-refractivity contribution in [2.45, 2.75) is 24.8 Å². The normalized spacial score (nSPS) is 13.5. The summed E-state index contributed by atoms with van der Waals surface area (Å²) in [6, 6.07) is 16.4. The van der Waals surface area contributed by atoms with Crippen LogP contribution in [0.15, 0.2) is 64.0 Å². The third kappa shape index (κ3) is 3.42. The Bertz CT molecular complexity index is 729. The molecule has 22 heavy (non-hydrogen) atoms. The van der Waals surface area contributed by atoms with Gasteiger partial charge in [-0.15, -0.1) is 0 Å². The largest absolute Gasteiger partial charge is 0.244 e. The van der Waals surface area contributed by atoms with Crippen LogP contribution in [-0.2, 0) is 10.0 Å². The van der Waals surface area contributed by atoms with Crippen LogP contribution in [0.4, 0.5) is 0 Å². The maximum absolute atomic E-state index is 13.0. The Morgan fingerprint density at radius 3 is 2.05 bits per heavy atom. The Balaban J connectivity index is 2.48. The van der Waals surface area contributed by atoms with E-state index in [1.807, 2.05) is 44.2 Å². The fourth-order valence-electron chi connectivity index (χ4n) is 2.62. The van der Waals surface area contributed by atoms with Gasteiger partial charge in [0.2, 0.25) is 10.0 Å². The van der Waals surface area contributed by atoms with E-state index in [1.54, 1.807) is 31.3 Å². The summed E-state index contributed by atoms with van der Waals surface area (Å²) in [7, 11) is -1.93. The molecular formula is C17H20BrNO2S. The van der Waals surface area contributed by atoms with Crippen molar-refractivity contribution in [3.8, 4) is 0 Å². The summed E-state index contributed by atoms with van der Waals surface area (Å²) >= 11 is 3.34. The van der Waals surface area contributed by atoms with Crippen molar-refractivity contribution >= 4 is 26.0 Å². The molecule has 2 aromatic carbocycles. The second-order valence-electron chi connectivity index (χ2n) is 5.55. The SMILES string of the molecule is CC(C)C(c1ccccc1)N(C)S(=O)(=O)c1ccccc1Br. The Morgan fingerprint density at radius 1 is 0.955 bits per heavy atom. The Hall–Kier alpha value is -1.17. The van der Waals surface area contributed by atoms with Crippen LogP contribution in [0.5, 0.6) is 0 Å². The fraction of sp³-hybridized carbons (Fsp3) is 0.294. The van der Waals surface area contributed by atoms with Gasteiger partial charge in [0.15, 0.2) is 0 Å². The van der Waals surface area contributed by atoms with E-state index >= 15 is 0 Å². The molecule has 118 valence electrons. The van der Waals surface area contributed by atoms with Crippen molar-refractivity contribution in [3.05, 3.63) is 64.6 Å². The van der Waals surface area contributed by atoms with Gasteiger partial charge in [-0.25, -0.2) is 8.42 Å². The van der Waals surface area contributed by atoms with Crippen LogP contribution in [0.2, 0.25) is 0 Å². The number of hydrogen-bond acceptors (Lipinski definition) is 2. The van der Waals surface area contributed by atoms with Gasteiger partial charge >= 0.3 is 0 Å². The topological polar surface area (TPSA) is 37.4 Å². The Kier molecular flexibility index (Phi) is 5.42. The standard InChI is InChI=1S/C17H20BrNO2S/c1-13(2)17(14-9-5-4-6-10-14)19(3)22(20,21)16-12-8-7-11-15(16)18/h4-13,17H,1-3H3. The minimum absolute atomic E-state index is 0.157. The number of sulfonamides is 1. The smallest absolute Gasteiger partial charge is 0.207 e. The van der Waals surface area contributed by atoms with Crippen LogP contribution in [0.25, 0.3) is 0 Å². The summed E-state index contributed by atoms with van der Waals surface area (Å²) in [6.45, 7) is 4.06. The molecule has 0 aliphatic carbocycles. The predicted octanol–water partition coefficient (Wildman–Crippen LogP) is 4.47. The Labute approximate surface area is 141 Å². The summed E-state index contributed by atoms with van der Waals surface area (Å²) in [5.41, 5.74) is 0.996. The first-order chi connectivity index (χ1) is 10.4. The molecule has 0 saturated carbocycles. The molecule has 0 aliphatic heterocycles. The summed E-state index contributed by atoms with van der Waals surface area (Å²) < 4.78 is 28.0. The van der Waals surface area contributed by atoms with Gasteiger partial charge in [0.05, 0.1) is 10.9 Å². The molecule has 0 saturated heterocycles. The van der Waals surface area contributed by atoms with Crippen LogP contribution in [0.3, 0.4) is 0 Å². The highest BCUT2D eigenvalue weighted by Gasteiger charge is 2.32. The average Bonchev–Trinajstić information content (AvgIpc) is 2.48. The van der Waals surface area contributed by atoms with Crippen molar-refractivity contribution in [3.63, 3.8) is 0 Å². The van der Waals surface area contributed by atoms with E-state index in [-0.39, 0.29) is 12.0 Å². The molecular weight excluding hydrogens is 362 g/mol. The second-order valence-corrected chi connectivity index (χ2v) is 8.37. The van der Waals surface area contributed by atoms with Gasteiger partial charge in [-0.3, -0.25) is 0 Å². The highest BCUT2D eigenvalue weighted by atomic mass is 79.9. The molecule has 0 radical (unpaired) electrons. The second kappa shape index (κ2) is 6.94. The highest BCUT2D eigenvalue weighted by Crippen LogP contribution is 2.33. The maximum Gasteiger partial charge on any atom is 0.244 e. The van der Waals surface area contributed by atoms with Crippen LogP contribution in [0, 0.1) is 5.92 Å². The van der Waals surface area contributed by atoms with Gasteiger partial charge in [-0.1, -0.05) is 56.3 Å². The molecule has 0 aliphatic rings. The Morgan fingerprint density at radius 2 is 1.50 bits per heavy atom. The van der Waals surface area contributed by atoms with Crippen LogP contribution in [0.1, 0.15) is 25.5 Å². The molecule has 3 nitrogen and oxygen atoms in total. The van der Waals surface area contributed by atoms with Crippen LogP contribution >= 0.6 is 15.9 Å². The van der Waals surface area contributed by atoms with Crippen LogP contribution < -0.4 is 0 Å². The summed E-state index contributed by atoms with van der Waals surface area (Å²) in [5.74, 6) is 0.157. The maximum atomic E-state index is 13.0. The van der Waals surface area contributed by atoms with E-state index in [1.165, 1.54) is 4.31 Å². The lowest BCUT2D eigenvalue weighted by Crippen LogP contribution is -2.34. The summed E-state index contributed by atoms with van der Waals surface area (Å²) in [4.78, 5) is 0.291. The van der Waals surface area contributed by atoms with E-state index in [0.29, 0.717) is 9.37 Å². The van der Waals surface area contributed by atoms with Crippen molar-refractivity contribution in [1.29, 1.82) is 0 Å². The molecule has 2 aromatic rings. The first-order valence-corrected chi connectivity index (χ1v) is 9.36. The van der Waals surface area contributed by atoms with Gasteiger partial charge in [0.1, 0.15) is 0 Å².